The van der Waals surface area contributed by atoms with E-state index in [1.807, 2.05) is 30.5 Å². The van der Waals surface area contributed by atoms with Gasteiger partial charge in [0.05, 0.1) is 22.3 Å². The zero-order valence-electron chi connectivity index (χ0n) is 27.9. The van der Waals surface area contributed by atoms with E-state index >= 15 is 0 Å². The lowest BCUT2D eigenvalue weighted by atomic mass is 9.62. The van der Waals surface area contributed by atoms with Crippen LogP contribution in [0.15, 0.2) is 134 Å². The number of hydrogen-bond acceptors (Lipinski definition) is 3. The summed E-state index contributed by atoms with van der Waals surface area (Å²) in [6.45, 7) is 9.08. The molecule has 0 amide bonds. The number of para-hydroxylation sites is 2. The predicted molar refractivity (Wildman–Crippen MR) is 198 cm³/mol. The van der Waals surface area contributed by atoms with Gasteiger partial charge >= 0.3 is 0 Å². The Labute approximate surface area is 282 Å². The van der Waals surface area contributed by atoms with Gasteiger partial charge in [-0.15, -0.1) is 0 Å². The molecule has 7 aromatic rings. The largest absolute Gasteiger partial charge is 0.507 e. The number of rotatable bonds is 5. The number of phenols is 1. The molecule has 0 bridgehead atoms. The van der Waals surface area contributed by atoms with E-state index in [2.05, 4.69) is 135 Å². The van der Waals surface area contributed by atoms with Crippen LogP contribution in [0, 0.1) is 0 Å². The maximum Gasteiger partial charge on any atom is 0.149 e. The Morgan fingerprint density at radius 2 is 1.29 bits per heavy atom. The molecule has 0 aliphatic heterocycles. The molecule has 8 rings (SSSR count). The second kappa shape index (κ2) is 11.3. The summed E-state index contributed by atoms with van der Waals surface area (Å²) >= 11 is 0. The Morgan fingerprint density at radius 3 is 2.04 bits per heavy atom. The van der Waals surface area contributed by atoms with Gasteiger partial charge in [-0.3, -0.25) is 9.55 Å². The highest BCUT2D eigenvalue weighted by Crippen LogP contribution is 2.52. The fourth-order valence-electron chi connectivity index (χ4n) is 7.52. The Balaban J connectivity index is 1.40. The molecule has 1 aliphatic rings. The zero-order chi connectivity index (χ0) is 33.0. The molecule has 0 unspecified atom stereocenters. The van der Waals surface area contributed by atoms with Crippen molar-refractivity contribution in [3.63, 3.8) is 0 Å². The van der Waals surface area contributed by atoms with Crippen LogP contribution in [0.1, 0.15) is 51.7 Å². The molecule has 0 radical (unpaired) electrons. The summed E-state index contributed by atoms with van der Waals surface area (Å²) in [5.74, 6) is 1.06. The molecule has 0 saturated carbocycles. The molecule has 4 nitrogen and oxygen atoms in total. The van der Waals surface area contributed by atoms with Gasteiger partial charge in [-0.05, 0) is 101 Å². The molecule has 2 aromatic heterocycles. The number of imidazole rings is 1. The number of aromatic nitrogens is 3. The Morgan fingerprint density at radius 1 is 0.604 bits per heavy atom. The topological polar surface area (TPSA) is 50.9 Å². The minimum atomic E-state index is -0.153. The van der Waals surface area contributed by atoms with Crippen LogP contribution < -0.4 is 0 Å². The highest BCUT2D eigenvalue weighted by molar-refractivity contribution is 5.97. The fraction of sp³-hybridized carbons (Fsp3) is 0.182. The molecule has 236 valence electrons. The van der Waals surface area contributed by atoms with Crippen molar-refractivity contribution in [1.82, 2.24) is 14.5 Å². The lowest BCUT2D eigenvalue weighted by molar-refractivity contribution is 0.318. The first-order chi connectivity index (χ1) is 23.2. The Bertz CT molecular complexity index is 2230. The van der Waals surface area contributed by atoms with Crippen molar-refractivity contribution in [1.29, 1.82) is 0 Å². The summed E-state index contributed by atoms with van der Waals surface area (Å²) in [5.41, 5.74) is 12.0. The smallest absolute Gasteiger partial charge is 0.149 e. The molecule has 5 aromatic carbocycles. The first kappa shape index (κ1) is 29.9. The van der Waals surface area contributed by atoms with Gasteiger partial charge in [0.2, 0.25) is 0 Å². The lowest BCUT2D eigenvalue weighted by Crippen LogP contribution is -2.34. The van der Waals surface area contributed by atoms with E-state index < -0.39 is 0 Å². The fourth-order valence-corrected chi connectivity index (χ4v) is 7.52. The number of benzene rings is 5. The van der Waals surface area contributed by atoms with Crippen LogP contribution in [0.5, 0.6) is 5.75 Å². The van der Waals surface area contributed by atoms with E-state index in [-0.39, 0.29) is 10.8 Å². The highest BCUT2D eigenvalue weighted by Gasteiger charge is 2.40. The predicted octanol–water partition coefficient (Wildman–Crippen LogP) is 11.1. The van der Waals surface area contributed by atoms with Gasteiger partial charge in [-0.1, -0.05) is 100 Å². The number of aromatic hydroxyl groups is 1. The highest BCUT2D eigenvalue weighted by atomic mass is 16.3. The first-order valence-corrected chi connectivity index (χ1v) is 16.8. The Hall–Kier alpha value is -5.48. The standard InChI is InChI=1S/C44H39N3O/c1-43(2)23-24-44(3,4)39-36(43)22-21-35(41(39)48)42-46-40-34(18-13-20-38(40)47(42)33-16-9-6-10-17-33)31-26-30(29-14-7-5-8-15-29)27-32(28-31)37-19-11-12-25-45-37/h5-22,25-28,48H,23-24H2,1-4H3. The third kappa shape index (κ3) is 5.00. The quantitative estimate of drug-likeness (QED) is 0.207. The van der Waals surface area contributed by atoms with Crippen molar-refractivity contribution in [3.8, 4) is 56.3 Å². The average Bonchev–Trinajstić information content (AvgIpc) is 3.50. The van der Waals surface area contributed by atoms with Crippen molar-refractivity contribution < 1.29 is 5.11 Å². The van der Waals surface area contributed by atoms with E-state index in [0.29, 0.717) is 5.75 Å². The zero-order valence-corrected chi connectivity index (χ0v) is 27.9. The van der Waals surface area contributed by atoms with Crippen molar-refractivity contribution in [2.45, 2.75) is 51.4 Å². The van der Waals surface area contributed by atoms with Crippen molar-refractivity contribution >= 4 is 11.0 Å². The number of pyridine rings is 1. The SMILES string of the molecule is CC1(C)CCC(C)(C)c2c1ccc(-c1nc3c(-c4cc(-c5ccccc5)cc(-c5ccccn5)c4)cccc3n1-c1ccccc1)c2O. The molecule has 1 N–H and O–H groups in total. The van der Waals surface area contributed by atoms with Gasteiger partial charge in [0.25, 0.3) is 0 Å². The third-order valence-corrected chi connectivity index (χ3v) is 10.2. The van der Waals surface area contributed by atoms with Gasteiger partial charge in [0.1, 0.15) is 11.6 Å². The summed E-state index contributed by atoms with van der Waals surface area (Å²) in [7, 11) is 0. The normalized spacial score (nSPS) is 14.9. The monoisotopic (exact) mass is 625 g/mol. The molecule has 1 aliphatic carbocycles. The first-order valence-electron chi connectivity index (χ1n) is 16.8. The van der Waals surface area contributed by atoms with Gasteiger partial charge in [-0.25, -0.2) is 4.98 Å². The molecule has 2 heterocycles. The number of nitrogens with zero attached hydrogens (tertiary/aromatic N) is 3. The summed E-state index contributed by atoms with van der Waals surface area (Å²) in [5, 5.41) is 12.2. The number of hydrogen-bond donors (Lipinski definition) is 1. The van der Waals surface area contributed by atoms with Crippen molar-refractivity contribution in [2.24, 2.45) is 0 Å². The van der Waals surface area contributed by atoms with Gasteiger partial charge < -0.3 is 5.11 Å². The minimum absolute atomic E-state index is 0.0112. The molecular weight excluding hydrogens is 587 g/mol. The van der Waals surface area contributed by atoms with Crippen LogP contribution in [0.4, 0.5) is 0 Å². The molecule has 0 saturated heterocycles. The molecular formula is C44H39N3O. The van der Waals surface area contributed by atoms with Crippen LogP contribution in [0.25, 0.3) is 61.6 Å². The van der Waals surface area contributed by atoms with Crippen LogP contribution >= 0.6 is 0 Å². The van der Waals surface area contributed by atoms with Crippen molar-refractivity contribution in [2.75, 3.05) is 0 Å². The average molecular weight is 626 g/mol. The lowest BCUT2D eigenvalue weighted by Gasteiger charge is -2.42. The van der Waals surface area contributed by atoms with E-state index in [4.69, 9.17) is 9.97 Å². The van der Waals surface area contributed by atoms with E-state index in [1.54, 1.807) is 0 Å². The van der Waals surface area contributed by atoms with E-state index in [1.165, 1.54) is 5.56 Å². The van der Waals surface area contributed by atoms with Crippen LogP contribution in [0.3, 0.4) is 0 Å². The summed E-state index contributed by atoms with van der Waals surface area (Å²) in [6.07, 6.45) is 3.94. The molecule has 4 heteroatoms. The van der Waals surface area contributed by atoms with E-state index in [9.17, 15) is 5.11 Å². The van der Waals surface area contributed by atoms with Gasteiger partial charge in [-0.2, -0.15) is 0 Å². The van der Waals surface area contributed by atoms with Crippen LogP contribution in [-0.2, 0) is 10.8 Å². The second-order valence-corrected chi connectivity index (χ2v) is 14.3. The van der Waals surface area contributed by atoms with Gasteiger partial charge in [0, 0.05) is 28.6 Å². The summed E-state index contributed by atoms with van der Waals surface area (Å²) in [4.78, 5) is 10.1. The molecule has 0 atom stereocenters. The maximum atomic E-state index is 12.2. The van der Waals surface area contributed by atoms with Crippen LogP contribution in [-0.4, -0.2) is 19.6 Å². The maximum absolute atomic E-state index is 12.2. The summed E-state index contributed by atoms with van der Waals surface area (Å²) < 4.78 is 2.20. The third-order valence-electron chi connectivity index (χ3n) is 10.2. The number of phenolic OH excluding ortho intramolecular Hbond substituents is 1. The molecule has 0 fully saturated rings. The summed E-state index contributed by atoms with van der Waals surface area (Å²) in [6, 6.07) is 44.2. The van der Waals surface area contributed by atoms with Crippen molar-refractivity contribution in [3.05, 3.63) is 145 Å². The Kier molecular flexibility index (Phi) is 7.06. The minimum Gasteiger partial charge on any atom is -0.507 e. The van der Waals surface area contributed by atoms with Crippen LogP contribution in [0.2, 0.25) is 0 Å². The molecule has 48 heavy (non-hydrogen) atoms. The molecule has 0 spiro atoms. The van der Waals surface area contributed by atoms with E-state index in [0.717, 1.165) is 80.0 Å². The number of fused-ring (bicyclic) bond motifs is 2. The second-order valence-electron chi connectivity index (χ2n) is 14.3. The van der Waals surface area contributed by atoms with Gasteiger partial charge in [0.15, 0.2) is 0 Å².